The normalized spacial score (nSPS) is 12.4. The molecule has 3 N–H and O–H groups in total. The summed E-state index contributed by atoms with van der Waals surface area (Å²) < 4.78 is 0. The number of anilines is 1. The first-order valence-electron chi connectivity index (χ1n) is 8.73. The fourth-order valence-corrected chi connectivity index (χ4v) is 3.56. The summed E-state index contributed by atoms with van der Waals surface area (Å²) in [5, 5.41) is 17.2. The molecule has 1 aromatic heterocycles. The smallest absolute Gasteiger partial charge is 0.256 e. The van der Waals surface area contributed by atoms with E-state index < -0.39 is 0 Å². The molecule has 28 heavy (non-hydrogen) atoms. The number of hydrogen-bond donors (Lipinski definition) is 2. The number of hydrogen-bond acceptors (Lipinski definition) is 4. The molecule has 0 unspecified atom stereocenters. The fourth-order valence-electron chi connectivity index (χ4n) is 3.56. The number of aromatic amines is 1. The molecule has 1 aliphatic rings. The summed E-state index contributed by atoms with van der Waals surface area (Å²) in [6.07, 6.45) is 0. The molecule has 1 amide bonds. The molecule has 0 atom stereocenters. The number of carbonyl (C=O) groups is 1. The summed E-state index contributed by atoms with van der Waals surface area (Å²) in [6.45, 7) is 6.04. The van der Waals surface area contributed by atoms with Gasteiger partial charge in [0.05, 0.1) is 23.7 Å². The Morgan fingerprint density at radius 1 is 1.39 bits per heavy atom. The molecule has 0 aliphatic carbocycles. The van der Waals surface area contributed by atoms with Gasteiger partial charge in [0, 0.05) is 23.2 Å². The van der Waals surface area contributed by atoms with Crippen LogP contribution in [-0.4, -0.2) is 27.5 Å². The maximum absolute atomic E-state index is 12.8. The van der Waals surface area contributed by atoms with Crippen LogP contribution in [0.4, 0.5) is 5.69 Å². The van der Waals surface area contributed by atoms with Crippen LogP contribution < -0.4 is 5.73 Å². The van der Waals surface area contributed by atoms with E-state index in [1.165, 1.54) is 0 Å². The van der Waals surface area contributed by atoms with Gasteiger partial charge in [0.25, 0.3) is 5.91 Å². The number of aromatic nitrogens is 2. The van der Waals surface area contributed by atoms with Gasteiger partial charge in [-0.2, -0.15) is 10.4 Å². The summed E-state index contributed by atoms with van der Waals surface area (Å²) in [4.78, 5) is 14.4. The Morgan fingerprint density at radius 3 is 2.96 bits per heavy atom. The van der Waals surface area contributed by atoms with Crippen molar-refractivity contribution in [2.45, 2.75) is 13.5 Å². The number of rotatable bonds is 3. The van der Waals surface area contributed by atoms with E-state index in [-0.39, 0.29) is 12.5 Å². The highest BCUT2D eigenvalue weighted by atomic mass is 16.2. The van der Waals surface area contributed by atoms with Crippen molar-refractivity contribution in [1.82, 2.24) is 15.1 Å². The van der Waals surface area contributed by atoms with Gasteiger partial charge >= 0.3 is 0 Å². The van der Waals surface area contributed by atoms with Crippen LogP contribution in [0.15, 0.2) is 42.5 Å². The number of fused-ring (bicyclic) bond motifs is 2. The molecule has 2 heterocycles. The van der Waals surface area contributed by atoms with Gasteiger partial charge in [-0.05, 0) is 47.7 Å². The van der Waals surface area contributed by atoms with Gasteiger partial charge in [0.15, 0.2) is 0 Å². The third-order valence-electron chi connectivity index (χ3n) is 4.85. The van der Waals surface area contributed by atoms with E-state index in [1.807, 2.05) is 30.3 Å². The summed E-state index contributed by atoms with van der Waals surface area (Å²) in [5.41, 5.74) is 11.7. The van der Waals surface area contributed by atoms with Crippen LogP contribution in [0.1, 0.15) is 28.5 Å². The molecule has 0 fully saturated rings. The maximum Gasteiger partial charge on any atom is 0.256 e. The molecule has 0 spiro atoms. The lowest BCUT2D eigenvalue weighted by atomic mass is 9.95. The first-order valence-corrected chi connectivity index (χ1v) is 8.73. The molecule has 136 valence electrons. The van der Waals surface area contributed by atoms with E-state index in [2.05, 4.69) is 28.6 Å². The predicted octanol–water partition coefficient (Wildman–Crippen LogP) is 3.22. The number of benzene rings is 2. The Bertz CT molecular complexity index is 1250. The van der Waals surface area contributed by atoms with E-state index in [0.29, 0.717) is 29.1 Å². The van der Waals surface area contributed by atoms with Gasteiger partial charge in [-0.1, -0.05) is 24.6 Å². The van der Waals surface area contributed by atoms with Crippen molar-refractivity contribution in [3.63, 3.8) is 0 Å². The van der Waals surface area contributed by atoms with Crippen LogP contribution >= 0.6 is 0 Å². The van der Waals surface area contributed by atoms with E-state index in [4.69, 9.17) is 11.0 Å². The molecule has 1 aliphatic heterocycles. The molecular formula is C22H17N5O. The van der Waals surface area contributed by atoms with Crippen molar-refractivity contribution in [2.24, 2.45) is 0 Å². The number of H-pyrrole nitrogens is 1. The summed E-state index contributed by atoms with van der Waals surface area (Å²) in [5.74, 6) is 5.70. The van der Waals surface area contributed by atoms with Gasteiger partial charge in [-0.25, -0.2) is 0 Å². The van der Waals surface area contributed by atoms with Crippen LogP contribution in [0, 0.1) is 23.2 Å². The van der Waals surface area contributed by atoms with E-state index in [9.17, 15) is 4.79 Å². The van der Waals surface area contributed by atoms with Crippen LogP contribution in [0.2, 0.25) is 0 Å². The van der Waals surface area contributed by atoms with Crippen molar-refractivity contribution in [1.29, 1.82) is 5.26 Å². The number of nitrogens with zero attached hydrogens (tertiary/aromatic N) is 3. The minimum Gasteiger partial charge on any atom is -0.398 e. The predicted molar refractivity (Wildman–Crippen MR) is 108 cm³/mol. The van der Waals surface area contributed by atoms with Crippen LogP contribution in [0.3, 0.4) is 0 Å². The van der Waals surface area contributed by atoms with Gasteiger partial charge in [-0.15, -0.1) is 0 Å². The second kappa shape index (κ2) is 6.61. The van der Waals surface area contributed by atoms with Crippen molar-refractivity contribution in [2.75, 3.05) is 12.3 Å². The number of nitriles is 1. The SMILES string of the molecule is C=C(C#N)CN1Cc2c(-c3ccc4[nH]nc(C#CC)c4c3)ccc(N)c2C1=O. The van der Waals surface area contributed by atoms with Crippen molar-refractivity contribution < 1.29 is 4.79 Å². The second-order valence-electron chi connectivity index (χ2n) is 6.64. The molecule has 4 rings (SSSR count). The highest BCUT2D eigenvalue weighted by molar-refractivity contribution is 6.05. The lowest BCUT2D eigenvalue weighted by Crippen LogP contribution is -2.26. The average molecular weight is 367 g/mol. The summed E-state index contributed by atoms with van der Waals surface area (Å²) in [7, 11) is 0. The quantitative estimate of drug-likeness (QED) is 0.422. The monoisotopic (exact) mass is 367 g/mol. The Hall–Kier alpha value is -4.03. The first kappa shape index (κ1) is 17.4. The zero-order valence-electron chi connectivity index (χ0n) is 15.3. The summed E-state index contributed by atoms with van der Waals surface area (Å²) >= 11 is 0. The molecule has 6 nitrogen and oxygen atoms in total. The van der Waals surface area contributed by atoms with Crippen molar-refractivity contribution in [3.05, 3.63) is 59.3 Å². The molecule has 0 saturated heterocycles. The minimum atomic E-state index is -0.173. The van der Waals surface area contributed by atoms with E-state index >= 15 is 0 Å². The third-order valence-corrected chi connectivity index (χ3v) is 4.85. The van der Waals surface area contributed by atoms with Gasteiger partial charge in [0.2, 0.25) is 0 Å². The zero-order chi connectivity index (χ0) is 19.8. The minimum absolute atomic E-state index is 0.173. The Morgan fingerprint density at radius 2 is 2.21 bits per heavy atom. The Labute approximate surface area is 162 Å². The van der Waals surface area contributed by atoms with Crippen LogP contribution in [-0.2, 0) is 6.54 Å². The number of nitrogen functional groups attached to an aromatic ring is 1. The molecule has 0 radical (unpaired) electrons. The van der Waals surface area contributed by atoms with E-state index in [1.54, 1.807) is 17.9 Å². The molecule has 2 aromatic carbocycles. The summed E-state index contributed by atoms with van der Waals surface area (Å²) in [6, 6.07) is 11.6. The first-order chi connectivity index (χ1) is 13.5. The molecule has 0 bridgehead atoms. The van der Waals surface area contributed by atoms with Gasteiger partial charge in [-0.3, -0.25) is 9.89 Å². The zero-order valence-corrected chi connectivity index (χ0v) is 15.3. The topological polar surface area (TPSA) is 98.8 Å². The molecule has 6 heteroatoms. The number of carbonyl (C=O) groups excluding carboxylic acids is 1. The van der Waals surface area contributed by atoms with Crippen LogP contribution in [0.5, 0.6) is 0 Å². The standard InChI is InChI=1S/C22H17N5O/c1-3-4-19-16-9-14(5-8-20(16)26-25-19)15-6-7-18(24)21-17(15)12-27(22(21)28)11-13(2)10-23/h5-9H,2,11-12,24H2,1H3,(H,25,26). The number of nitrogens with two attached hydrogens (primary N) is 1. The Balaban J connectivity index is 1.83. The highest BCUT2D eigenvalue weighted by Crippen LogP contribution is 2.37. The Kier molecular flexibility index (Phi) is 4.10. The lowest BCUT2D eigenvalue weighted by Gasteiger charge is -2.14. The van der Waals surface area contributed by atoms with Crippen molar-refractivity contribution >= 4 is 22.5 Å². The van der Waals surface area contributed by atoms with Gasteiger partial charge in [0.1, 0.15) is 5.69 Å². The maximum atomic E-state index is 12.8. The number of nitrogens with one attached hydrogen (secondary N) is 1. The van der Waals surface area contributed by atoms with Crippen LogP contribution in [0.25, 0.3) is 22.0 Å². The van der Waals surface area contributed by atoms with E-state index in [0.717, 1.165) is 27.6 Å². The molecular weight excluding hydrogens is 350 g/mol. The third kappa shape index (κ3) is 2.69. The number of amides is 1. The highest BCUT2D eigenvalue weighted by Gasteiger charge is 2.32. The molecule has 3 aromatic rings. The largest absolute Gasteiger partial charge is 0.398 e. The van der Waals surface area contributed by atoms with Crippen molar-refractivity contribution in [3.8, 4) is 29.0 Å². The lowest BCUT2D eigenvalue weighted by molar-refractivity contribution is 0.0794. The second-order valence-corrected chi connectivity index (χ2v) is 6.64. The fraction of sp³-hybridized carbons (Fsp3) is 0.136. The molecule has 0 saturated carbocycles. The van der Waals surface area contributed by atoms with Gasteiger partial charge < -0.3 is 10.6 Å². The average Bonchev–Trinajstić information content (AvgIpc) is 3.24.